The molecule has 0 unspecified atom stereocenters. The van der Waals surface area contributed by atoms with Crippen LogP contribution in [0.4, 0.5) is 0 Å². The van der Waals surface area contributed by atoms with Gasteiger partial charge >= 0.3 is 11.9 Å². The Labute approximate surface area is 142 Å². The lowest BCUT2D eigenvalue weighted by Crippen LogP contribution is -2.47. The minimum absolute atomic E-state index is 0.0140. The second kappa shape index (κ2) is 7.06. The molecule has 0 spiro atoms. The predicted octanol–water partition coefficient (Wildman–Crippen LogP) is -1.16. The van der Waals surface area contributed by atoms with Crippen LogP contribution in [0.3, 0.4) is 0 Å². The van der Waals surface area contributed by atoms with Crippen LogP contribution >= 0.6 is 0 Å². The van der Waals surface area contributed by atoms with E-state index in [1.807, 2.05) is 0 Å². The van der Waals surface area contributed by atoms with E-state index in [1.54, 1.807) is 0 Å². The molecule has 2 heterocycles. The maximum absolute atomic E-state index is 12.2. The fourth-order valence-electron chi connectivity index (χ4n) is 2.75. The van der Waals surface area contributed by atoms with E-state index in [-0.39, 0.29) is 37.6 Å². The quantitative estimate of drug-likeness (QED) is 0.442. The van der Waals surface area contributed by atoms with E-state index < -0.39 is 36.0 Å². The summed E-state index contributed by atoms with van der Waals surface area (Å²) in [4.78, 5) is 23.8. The van der Waals surface area contributed by atoms with Crippen molar-refractivity contribution < 1.29 is 43.9 Å². The van der Waals surface area contributed by atoms with Crippen LogP contribution in [0, 0.1) is 0 Å². The fourth-order valence-corrected chi connectivity index (χ4v) is 2.75. The molecule has 2 aliphatic rings. The molecular weight excluding hydrogens is 336 g/mol. The summed E-state index contributed by atoms with van der Waals surface area (Å²) in [5.41, 5.74) is 0.310. The van der Waals surface area contributed by atoms with Gasteiger partial charge in [-0.3, -0.25) is 0 Å². The molecule has 9 heteroatoms. The molecule has 3 N–H and O–H groups in total. The lowest BCUT2D eigenvalue weighted by atomic mass is 10.1. The maximum atomic E-state index is 12.2. The molecular formula is C16H18O9. The Balaban J connectivity index is 1.64. The minimum atomic E-state index is -1.99. The molecule has 0 amide bonds. The zero-order valence-corrected chi connectivity index (χ0v) is 13.2. The molecule has 2 fully saturated rings. The second-order valence-electron chi connectivity index (χ2n) is 5.77. The van der Waals surface area contributed by atoms with Gasteiger partial charge in [0.15, 0.2) is 6.10 Å². The van der Waals surface area contributed by atoms with E-state index in [1.165, 1.54) is 24.3 Å². The molecule has 25 heavy (non-hydrogen) atoms. The molecule has 2 aliphatic heterocycles. The third-order valence-corrected chi connectivity index (χ3v) is 4.00. The first kappa shape index (κ1) is 17.8. The molecule has 4 atom stereocenters. The van der Waals surface area contributed by atoms with E-state index in [0.717, 1.165) is 0 Å². The Morgan fingerprint density at radius 3 is 2.44 bits per heavy atom. The zero-order valence-electron chi connectivity index (χ0n) is 13.2. The Morgan fingerprint density at radius 1 is 1.16 bits per heavy atom. The van der Waals surface area contributed by atoms with Gasteiger partial charge < -0.3 is 34.3 Å². The number of esters is 2. The summed E-state index contributed by atoms with van der Waals surface area (Å²) in [5, 5.41) is 28.7. The monoisotopic (exact) mass is 354 g/mol. The highest BCUT2D eigenvalue weighted by molar-refractivity contribution is 5.93. The highest BCUT2D eigenvalue weighted by Crippen LogP contribution is 2.35. The highest BCUT2D eigenvalue weighted by atomic mass is 16.7. The van der Waals surface area contributed by atoms with Crippen molar-refractivity contribution in [3.63, 3.8) is 0 Å². The molecule has 0 saturated carbocycles. The number of ether oxygens (including phenoxy) is 4. The van der Waals surface area contributed by atoms with Gasteiger partial charge in [0, 0.05) is 0 Å². The van der Waals surface area contributed by atoms with Crippen LogP contribution < -0.4 is 0 Å². The summed E-state index contributed by atoms with van der Waals surface area (Å²) in [6.45, 7) is -0.726. The van der Waals surface area contributed by atoms with Gasteiger partial charge in [-0.2, -0.15) is 0 Å². The number of benzene rings is 1. The first-order valence-electron chi connectivity index (χ1n) is 7.69. The van der Waals surface area contributed by atoms with Gasteiger partial charge in [-0.05, 0) is 24.3 Å². The normalized spacial score (nSPS) is 30.8. The van der Waals surface area contributed by atoms with Crippen LogP contribution in [-0.2, 0) is 18.9 Å². The molecule has 0 radical (unpaired) electrons. The van der Waals surface area contributed by atoms with E-state index >= 15 is 0 Å². The van der Waals surface area contributed by atoms with Gasteiger partial charge in [-0.1, -0.05) is 0 Å². The van der Waals surface area contributed by atoms with Gasteiger partial charge in [0.05, 0.1) is 24.3 Å². The molecule has 1 aromatic rings. The Morgan fingerprint density at radius 2 is 1.80 bits per heavy atom. The summed E-state index contributed by atoms with van der Waals surface area (Å²) in [7, 11) is 0. The smallest absolute Gasteiger partial charge is 0.340 e. The van der Waals surface area contributed by atoms with Crippen LogP contribution in [0.25, 0.3) is 0 Å². The van der Waals surface area contributed by atoms with Gasteiger partial charge in [-0.25, -0.2) is 9.59 Å². The van der Waals surface area contributed by atoms with Crippen molar-refractivity contribution in [1.82, 2.24) is 0 Å². The summed E-state index contributed by atoms with van der Waals surface area (Å²) >= 11 is 0. The maximum Gasteiger partial charge on any atom is 0.340 e. The number of aliphatic hydroxyl groups excluding tert-OH is 2. The van der Waals surface area contributed by atoms with Gasteiger partial charge in [0.25, 0.3) is 5.79 Å². The van der Waals surface area contributed by atoms with E-state index in [9.17, 15) is 19.8 Å². The van der Waals surface area contributed by atoms with Crippen molar-refractivity contribution in [2.75, 3.05) is 26.4 Å². The predicted molar refractivity (Wildman–Crippen MR) is 79.7 cm³/mol. The SMILES string of the molecule is O=C(OCCO)c1ccc(C(=O)O[C@@]2(O)CO[C@@H]3[C@H](O)CO[C@@H]32)cc1. The van der Waals surface area contributed by atoms with Gasteiger partial charge in [-0.15, -0.1) is 0 Å². The second-order valence-corrected chi connectivity index (χ2v) is 5.77. The number of rotatable bonds is 5. The summed E-state index contributed by atoms with van der Waals surface area (Å²) in [5.74, 6) is -3.45. The lowest BCUT2D eigenvalue weighted by Gasteiger charge is -2.26. The minimum Gasteiger partial charge on any atom is -0.460 e. The van der Waals surface area contributed by atoms with Crippen molar-refractivity contribution in [1.29, 1.82) is 0 Å². The number of hydrogen-bond acceptors (Lipinski definition) is 9. The largest absolute Gasteiger partial charge is 0.460 e. The Hall–Kier alpha value is -2.04. The van der Waals surface area contributed by atoms with Crippen LogP contribution in [0.1, 0.15) is 20.7 Å². The number of carbonyl (C=O) groups is 2. The molecule has 0 aromatic heterocycles. The molecule has 2 saturated heterocycles. The van der Waals surface area contributed by atoms with Crippen molar-refractivity contribution in [2.24, 2.45) is 0 Å². The summed E-state index contributed by atoms with van der Waals surface area (Å²) in [6.07, 6.45) is -2.59. The van der Waals surface area contributed by atoms with Crippen molar-refractivity contribution >= 4 is 11.9 Å². The molecule has 0 aliphatic carbocycles. The third-order valence-electron chi connectivity index (χ3n) is 4.00. The van der Waals surface area contributed by atoms with Crippen LogP contribution in [0.5, 0.6) is 0 Å². The van der Waals surface area contributed by atoms with Crippen molar-refractivity contribution in [3.8, 4) is 0 Å². The molecule has 0 bridgehead atoms. The number of aliphatic hydroxyl groups is 3. The molecule has 1 aromatic carbocycles. The average Bonchev–Trinajstić information content (AvgIpc) is 3.14. The average molecular weight is 354 g/mol. The number of hydrogen-bond donors (Lipinski definition) is 3. The number of fused-ring (bicyclic) bond motifs is 1. The van der Waals surface area contributed by atoms with E-state index in [2.05, 4.69) is 0 Å². The topological polar surface area (TPSA) is 132 Å². The van der Waals surface area contributed by atoms with Crippen LogP contribution in [-0.4, -0.2) is 77.8 Å². The van der Waals surface area contributed by atoms with Gasteiger partial charge in [0.2, 0.25) is 0 Å². The first-order valence-corrected chi connectivity index (χ1v) is 7.69. The molecule has 3 rings (SSSR count). The van der Waals surface area contributed by atoms with Crippen LogP contribution in [0.2, 0.25) is 0 Å². The summed E-state index contributed by atoms with van der Waals surface area (Å²) in [6, 6.07) is 5.42. The Kier molecular flexibility index (Phi) is 5.02. The summed E-state index contributed by atoms with van der Waals surface area (Å²) < 4.78 is 20.4. The molecule has 9 nitrogen and oxygen atoms in total. The zero-order chi connectivity index (χ0) is 18.0. The van der Waals surface area contributed by atoms with Crippen LogP contribution in [0.15, 0.2) is 24.3 Å². The number of carbonyl (C=O) groups excluding carboxylic acids is 2. The Bertz CT molecular complexity index is 644. The van der Waals surface area contributed by atoms with E-state index in [4.69, 9.17) is 24.1 Å². The molecule has 136 valence electrons. The van der Waals surface area contributed by atoms with Gasteiger partial charge in [0.1, 0.15) is 25.4 Å². The fraction of sp³-hybridized carbons (Fsp3) is 0.500. The third kappa shape index (κ3) is 3.51. The first-order chi connectivity index (χ1) is 11.9. The lowest BCUT2D eigenvalue weighted by molar-refractivity contribution is -0.211. The van der Waals surface area contributed by atoms with Crippen molar-refractivity contribution in [2.45, 2.75) is 24.1 Å². The van der Waals surface area contributed by atoms with E-state index in [0.29, 0.717) is 0 Å². The highest BCUT2D eigenvalue weighted by Gasteiger charge is 2.58. The standard InChI is InChI=1S/C16H18O9/c17-5-6-22-14(19)9-1-3-10(4-2-9)15(20)25-16(21)8-24-12-11(18)7-23-13(12)16/h1-4,11-13,17-18,21H,5-8H2/t11-,12-,13+,16+/m1/s1. The van der Waals surface area contributed by atoms with Crippen molar-refractivity contribution in [3.05, 3.63) is 35.4 Å².